The number of hydrogen-bond acceptors (Lipinski definition) is 5. The molecule has 7 heteroatoms. The molecule has 1 N–H and O–H groups in total. The molecule has 1 aliphatic rings. The number of carbonyl (C=O) groups excluding carboxylic acids is 1. The first-order valence-electron chi connectivity index (χ1n) is 11.8. The van der Waals surface area contributed by atoms with Crippen LogP contribution < -0.4 is 10.1 Å². The molecule has 2 unspecified atom stereocenters. The standard InChI is InChI=1S/C27H36N4O3/c1-19-14-23(21(3)31(19)20(2)18-33-4)15-24(16-28)27(32)29-17-26(30-12-6-7-13-30)22-8-10-25(34-5)11-9-22/h8-11,14-15,20,26H,6-7,12-13,17-18H2,1-5H3,(H,29,32)/b24-15-. The zero-order valence-electron chi connectivity index (χ0n) is 20.9. The van der Waals surface area contributed by atoms with Crippen molar-refractivity contribution in [3.63, 3.8) is 0 Å². The zero-order valence-corrected chi connectivity index (χ0v) is 20.9. The smallest absolute Gasteiger partial charge is 0.262 e. The predicted molar refractivity (Wildman–Crippen MR) is 134 cm³/mol. The Balaban J connectivity index is 1.77. The molecule has 7 nitrogen and oxygen atoms in total. The van der Waals surface area contributed by atoms with Gasteiger partial charge in [-0.05, 0) is 82.1 Å². The summed E-state index contributed by atoms with van der Waals surface area (Å²) in [5.41, 5.74) is 4.18. The molecule has 0 radical (unpaired) electrons. The summed E-state index contributed by atoms with van der Waals surface area (Å²) in [4.78, 5) is 15.4. The number of benzene rings is 1. The molecule has 0 aliphatic carbocycles. The van der Waals surface area contributed by atoms with Crippen LogP contribution in [0.1, 0.15) is 54.4 Å². The van der Waals surface area contributed by atoms with Crippen LogP contribution in [0.4, 0.5) is 0 Å². The zero-order chi connectivity index (χ0) is 24.7. The molecule has 0 spiro atoms. The summed E-state index contributed by atoms with van der Waals surface area (Å²) in [7, 11) is 3.34. The molecule has 0 saturated carbocycles. The van der Waals surface area contributed by atoms with E-state index in [1.807, 2.05) is 44.2 Å². The van der Waals surface area contributed by atoms with Crippen molar-refractivity contribution < 1.29 is 14.3 Å². The molecule has 1 amide bonds. The van der Waals surface area contributed by atoms with Crippen molar-refractivity contribution in [2.75, 3.05) is 40.5 Å². The van der Waals surface area contributed by atoms with E-state index >= 15 is 0 Å². The summed E-state index contributed by atoms with van der Waals surface area (Å²) in [6.07, 6.45) is 3.99. The lowest BCUT2D eigenvalue weighted by atomic mass is 10.0. The number of nitrogens with one attached hydrogen (secondary N) is 1. The Morgan fingerprint density at radius 1 is 1.21 bits per heavy atom. The maximum absolute atomic E-state index is 13.0. The van der Waals surface area contributed by atoms with Crippen molar-refractivity contribution in [1.82, 2.24) is 14.8 Å². The maximum Gasteiger partial charge on any atom is 0.262 e. The molecule has 1 saturated heterocycles. The van der Waals surface area contributed by atoms with E-state index in [4.69, 9.17) is 9.47 Å². The molecule has 3 rings (SSSR count). The van der Waals surface area contributed by atoms with E-state index in [0.29, 0.717) is 13.2 Å². The fraction of sp³-hybridized carbons (Fsp3) is 0.481. The van der Waals surface area contributed by atoms with E-state index in [1.54, 1.807) is 20.3 Å². The number of nitriles is 1. The molecule has 1 fully saturated rings. The van der Waals surface area contributed by atoms with Crippen LogP contribution >= 0.6 is 0 Å². The van der Waals surface area contributed by atoms with Gasteiger partial charge in [0.05, 0.1) is 25.8 Å². The number of likely N-dealkylation sites (tertiary alicyclic amines) is 1. The monoisotopic (exact) mass is 464 g/mol. The van der Waals surface area contributed by atoms with E-state index in [2.05, 4.69) is 27.8 Å². The Morgan fingerprint density at radius 2 is 1.88 bits per heavy atom. The molecule has 1 aromatic carbocycles. The molecular weight excluding hydrogens is 428 g/mol. The predicted octanol–water partition coefficient (Wildman–Crippen LogP) is 4.18. The minimum Gasteiger partial charge on any atom is -0.497 e. The van der Waals surface area contributed by atoms with Gasteiger partial charge in [0.15, 0.2) is 0 Å². The first-order chi connectivity index (χ1) is 16.4. The van der Waals surface area contributed by atoms with Gasteiger partial charge in [0, 0.05) is 25.0 Å². The Kier molecular flexibility index (Phi) is 8.91. The van der Waals surface area contributed by atoms with Gasteiger partial charge in [-0.3, -0.25) is 9.69 Å². The van der Waals surface area contributed by atoms with E-state index in [1.165, 1.54) is 0 Å². The van der Waals surface area contributed by atoms with Gasteiger partial charge >= 0.3 is 0 Å². The molecule has 182 valence electrons. The van der Waals surface area contributed by atoms with Gasteiger partial charge in [0.1, 0.15) is 17.4 Å². The first kappa shape index (κ1) is 25.5. The number of hydrogen-bond donors (Lipinski definition) is 1. The third-order valence-corrected chi connectivity index (χ3v) is 6.58. The summed E-state index contributed by atoms with van der Waals surface area (Å²) >= 11 is 0. The molecule has 1 aromatic heterocycles. The molecule has 1 aliphatic heterocycles. The average Bonchev–Trinajstić information content (AvgIpc) is 3.46. The summed E-state index contributed by atoms with van der Waals surface area (Å²) in [6, 6.07) is 12.3. The quantitative estimate of drug-likeness (QED) is 0.421. The maximum atomic E-state index is 13.0. The molecule has 2 aromatic rings. The average molecular weight is 465 g/mol. The summed E-state index contributed by atoms with van der Waals surface area (Å²) in [6.45, 7) is 9.15. The lowest BCUT2D eigenvalue weighted by molar-refractivity contribution is -0.117. The van der Waals surface area contributed by atoms with Gasteiger partial charge in [-0.2, -0.15) is 5.26 Å². The fourth-order valence-corrected chi connectivity index (χ4v) is 4.87. The van der Waals surface area contributed by atoms with Crippen LogP contribution in [0.5, 0.6) is 5.75 Å². The van der Waals surface area contributed by atoms with Crippen molar-refractivity contribution in [2.24, 2.45) is 0 Å². The molecule has 2 atom stereocenters. The van der Waals surface area contributed by atoms with Crippen LogP contribution in [0.15, 0.2) is 35.9 Å². The first-order valence-corrected chi connectivity index (χ1v) is 11.8. The van der Waals surface area contributed by atoms with Crippen LogP contribution in [0.2, 0.25) is 0 Å². The topological polar surface area (TPSA) is 79.5 Å². The van der Waals surface area contributed by atoms with Crippen LogP contribution in [-0.2, 0) is 9.53 Å². The largest absolute Gasteiger partial charge is 0.497 e. The number of nitrogens with zero attached hydrogens (tertiary/aromatic N) is 3. The highest BCUT2D eigenvalue weighted by atomic mass is 16.5. The van der Waals surface area contributed by atoms with Gasteiger partial charge in [0.25, 0.3) is 5.91 Å². The number of amides is 1. The second kappa shape index (κ2) is 11.9. The van der Waals surface area contributed by atoms with Gasteiger partial charge in [-0.25, -0.2) is 0 Å². The molecule has 0 bridgehead atoms. The summed E-state index contributed by atoms with van der Waals surface area (Å²) in [5.74, 6) is 0.454. The summed E-state index contributed by atoms with van der Waals surface area (Å²) in [5, 5.41) is 12.8. The van der Waals surface area contributed by atoms with E-state index < -0.39 is 0 Å². The van der Waals surface area contributed by atoms with Crippen LogP contribution in [0.3, 0.4) is 0 Å². The fourth-order valence-electron chi connectivity index (χ4n) is 4.87. The van der Waals surface area contributed by atoms with Crippen LogP contribution in [-0.4, -0.2) is 55.8 Å². The number of methoxy groups -OCH3 is 2. The third-order valence-electron chi connectivity index (χ3n) is 6.58. The second-order valence-electron chi connectivity index (χ2n) is 8.91. The highest BCUT2D eigenvalue weighted by Crippen LogP contribution is 2.27. The normalized spacial score (nSPS) is 16.2. The van der Waals surface area contributed by atoms with E-state index in [9.17, 15) is 10.1 Å². The van der Waals surface area contributed by atoms with Gasteiger partial charge in [-0.1, -0.05) is 12.1 Å². The van der Waals surface area contributed by atoms with Crippen molar-refractivity contribution >= 4 is 12.0 Å². The van der Waals surface area contributed by atoms with Crippen molar-refractivity contribution in [3.05, 3.63) is 58.4 Å². The Hall–Kier alpha value is -3.08. The van der Waals surface area contributed by atoms with Crippen LogP contribution in [0, 0.1) is 25.2 Å². The SMILES string of the molecule is COCC(C)n1c(C)cc(/C=C(/C#N)C(=O)NCC(c2ccc(OC)cc2)N2CCCC2)c1C. The number of aromatic nitrogens is 1. The number of ether oxygens (including phenoxy) is 2. The molecular formula is C27H36N4O3. The Bertz CT molecular complexity index is 1040. The highest BCUT2D eigenvalue weighted by Gasteiger charge is 2.25. The second-order valence-corrected chi connectivity index (χ2v) is 8.91. The van der Waals surface area contributed by atoms with Crippen LogP contribution in [0.25, 0.3) is 6.08 Å². The van der Waals surface area contributed by atoms with Gasteiger partial charge in [-0.15, -0.1) is 0 Å². The molecule has 2 heterocycles. The van der Waals surface area contributed by atoms with Crippen molar-refractivity contribution in [1.29, 1.82) is 5.26 Å². The highest BCUT2D eigenvalue weighted by molar-refractivity contribution is 6.01. The number of carbonyl (C=O) groups is 1. The third kappa shape index (κ3) is 5.88. The van der Waals surface area contributed by atoms with Crippen molar-refractivity contribution in [3.8, 4) is 11.8 Å². The summed E-state index contributed by atoms with van der Waals surface area (Å²) < 4.78 is 12.8. The van der Waals surface area contributed by atoms with Crippen molar-refractivity contribution in [2.45, 2.75) is 45.7 Å². The number of aryl methyl sites for hydroxylation is 1. The van der Waals surface area contributed by atoms with E-state index in [-0.39, 0.29) is 23.6 Å². The Morgan fingerprint density at radius 3 is 2.47 bits per heavy atom. The Labute approximate surface area is 203 Å². The van der Waals surface area contributed by atoms with Gasteiger partial charge in [0.2, 0.25) is 0 Å². The lowest BCUT2D eigenvalue weighted by Gasteiger charge is -2.28. The minimum absolute atomic E-state index is 0.0530. The molecule has 34 heavy (non-hydrogen) atoms. The van der Waals surface area contributed by atoms with E-state index in [0.717, 1.165) is 54.2 Å². The lowest BCUT2D eigenvalue weighted by Crippen LogP contribution is -2.37. The minimum atomic E-state index is -0.352. The van der Waals surface area contributed by atoms with Gasteiger partial charge < -0.3 is 19.4 Å². The number of rotatable bonds is 10.